The normalized spacial score (nSPS) is 10.2. The number of hydrogen-bond donors (Lipinski definition) is 1. The second-order valence-electron chi connectivity index (χ2n) is 4.38. The van der Waals surface area contributed by atoms with Gasteiger partial charge in [0.05, 0.1) is 6.61 Å². The largest absolute Gasteiger partial charge is 0.494 e. The third-order valence-electron chi connectivity index (χ3n) is 2.73. The molecule has 0 radical (unpaired) electrons. The topological polar surface area (TPSA) is 38.3 Å². The number of nitrogens with one attached hydrogen (secondary N) is 1. The summed E-state index contributed by atoms with van der Waals surface area (Å²) in [5.74, 6) is 0.798. The van der Waals surface area contributed by atoms with Crippen LogP contribution in [0.3, 0.4) is 0 Å². The Morgan fingerprint density at radius 3 is 2.58 bits per heavy atom. The lowest BCUT2D eigenvalue weighted by Gasteiger charge is -2.07. The molecule has 0 fully saturated rings. The van der Waals surface area contributed by atoms with E-state index in [9.17, 15) is 4.79 Å². The number of halogens is 1. The van der Waals surface area contributed by atoms with Gasteiger partial charge in [0.15, 0.2) is 0 Å². The average molecular weight is 328 g/mol. The van der Waals surface area contributed by atoms with Crippen molar-refractivity contribution in [3.05, 3.63) is 29.8 Å². The number of unbranched alkanes of at least 4 members (excludes halogenated alkanes) is 2. The monoisotopic (exact) mass is 327 g/mol. The zero-order valence-electron chi connectivity index (χ0n) is 11.5. The van der Waals surface area contributed by atoms with Crippen molar-refractivity contribution in [1.29, 1.82) is 0 Å². The number of benzene rings is 1. The van der Waals surface area contributed by atoms with Gasteiger partial charge in [-0.3, -0.25) is 4.79 Å². The molecule has 0 heterocycles. The first-order chi connectivity index (χ1) is 9.27. The van der Waals surface area contributed by atoms with Crippen molar-refractivity contribution in [2.75, 3.05) is 18.5 Å². The van der Waals surface area contributed by atoms with Gasteiger partial charge in [0.2, 0.25) is 0 Å². The Kier molecular flexibility index (Phi) is 8.30. The van der Waals surface area contributed by atoms with Crippen LogP contribution in [0.4, 0.5) is 0 Å². The fourth-order valence-corrected chi connectivity index (χ4v) is 1.86. The summed E-state index contributed by atoms with van der Waals surface area (Å²) in [7, 11) is 0. The summed E-state index contributed by atoms with van der Waals surface area (Å²) in [5, 5.41) is 3.86. The third-order valence-corrected chi connectivity index (χ3v) is 3.29. The minimum Gasteiger partial charge on any atom is -0.494 e. The number of rotatable bonds is 9. The van der Waals surface area contributed by atoms with Crippen molar-refractivity contribution in [2.24, 2.45) is 0 Å². The molecule has 0 spiro atoms. The summed E-state index contributed by atoms with van der Waals surface area (Å²) in [5.41, 5.74) is 0.685. The Morgan fingerprint density at radius 2 is 1.95 bits per heavy atom. The van der Waals surface area contributed by atoms with E-state index in [-0.39, 0.29) is 5.91 Å². The highest BCUT2D eigenvalue weighted by molar-refractivity contribution is 9.09. The van der Waals surface area contributed by atoms with Gasteiger partial charge in [0.25, 0.3) is 5.91 Å². The molecule has 0 aliphatic rings. The van der Waals surface area contributed by atoms with Gasteiger partial charge in [0.1, 0.15) is 5.75 Å². The van der Waals surface area contributed by atoms with Crippen LogP contribution in [0, 0.1) is 0 Å². The molecule has 0 saturated heterocycles. The average Bonchev–Trinajstić information content (AvgIpc) is 2.44. The maximum absolute atomic E-state index is 11.8. The van der Waals surface area contributed by atoms with E-state index in [0.29, 0.717) is 12.2 Å². The van der Waals surface area contributed by atoms with Crippen LogP contribution < -0.4 is 10.1 Å². The van der Waals surface area contributed by atoms with E-state index >= 15 is 0 Å². The molecule has 0 bridgehead atoms. The Labute approximate surface area is 123 Å². The second kappa shape index (κ2) is 9.84. The smallest absolute Gasteiger partial charge is 0.251 e. The number of carbonyl (C=O) groups excluding carboxylic acids is 1. The molecule has 0 saturated carbocycles. The molecule has 106 valence electrons. The highest BCUT2D eigenvalue weighted by atomic mass is 79.9. The summed E-state index contributed by atoms with van der Waals surface area (Å²) in [6.07, 6.45) is 4.33. The predicted molar refractivity (Wildman–Crippen MR) is 82.2 cm³/mol. The van der Waals surface area contributed by atoms with Gasteiger partial charge >= 0.3 is 0 Å². The van der Waals surface area contributed by atoms with Crippen LogP contribution in [0.15, 0.2) is 24.3 Å². The highest BCUT2D eigenvalue weighted by Gasteiger charge is 2.04. The van der Waals surface area contributed by atoms with Crippen LogP contribution in [-0.2, 0) is 0 Å². The van der Waals surface area contributed by atoms with Crippen molar-refractivity contribution < 1.29 is 9.53 Å². The molecule has 19 heavy (non-hydrogen) atoms. The van der Waals surface area contributed by atoms with Crippen LogP contribution in [0.5, 0.6) is 5.75 Å². The molecule has 0 atom stereocenters. The van der Waals surface area contributed by atoms with Gasteiger partial charge in [-0.25, -0.2) is 0 Å². The fourth-order valence-electron chi connectivity index (χ4n) is 1.63. The van der Waals surface area contributed by atoms with Gasteiger partial charge < -0.3 is 10.1 Å². The molecule has 4 heteroatoms. The molecular formula is C15H22BrNO2. The lowest BCUT2D eigenvalue weighted by molar-refractivity contribution is 0.0953. The van der Waals surface area contributed by atoms with Crippen LogP contribution in [-0.4, -0.2) is 24.4 Å². The van der Waals surface area contributed by atoms with Crippen molar-refractivity contribution in [3.63, 3.8) is 0 Å². The molecule has 3 nitrogen and oxygen atoms in total. The number of ether oxygens (including phenoxy) is 1. The Morgan fingerprint density at radius 1 is 1.21 bits per heavy atom. The molecule has 0 aliphatic heterocycles. The van der Waals surface area contributed by atoms with E-state index < -0.39 is 0 Å². The fraction of sp³-hybridized carbons (Fsp3) is 0.533. The molecule has 1 rings (SSSR count). The van der Waals surface area contributed by atoms with Crippen molar-refractivity contribution >= 4 is 21.8 Å². The van der Waals surface area contributed by atoms with Crippen molar-refractivity contribution in [1.82, 2.24) is 5.32 Å². The maximum Gasteiger partial charge on any atom is 0.251 e. The number of amides is 1. The maximum atomic E-state index is 11.8. The second-order valence-corrected chi connectivity index (χ2v) is 5.17. The van der Waals surface area contributed by atoms with Crippen LogP contribution in [0.1, 0.15) is 43.0 Å². The number of hydrogen-bond acceptors (Lipinski definition) is 2. The minimum atomic E-state index is -0.0110. The van der Waals surface area contributed by atoms with E-state index in [4.69, 9.17) is 4.74 Å². The van der Waals surface area contributed by atoms with Gasteiger partial charge in [-0.05, 0) is 37.1 Å². The summed E-state index contributed by atoms with van der Waals surface area (Å²) in [6, 6.07) is 7.29. The Balaban J connectivity index is 2.35. The molecular weight excluding hydrogens is 306 g/mol. The number of alkyl halides is 1. The molecule has 1 N–H and O–H groups in total. The molecule has 0 aromatic heterocycles. The lowest BCUT2D eigenvalue weighted by Crippen LogP contribution is -2.24. The molecule has 1 aromatic rings. The third kappa shape index (κ3) is 6.62. The summed E-state index contributed by atoms with van der Waals surface area (Å²) in [4.78, 5) is 11.8. The molecule has 0 aliphatic carbocycles. The van der Waals surface area contributed by atoms with Crippen molar-refractivity contribution in [3.8, 4) is 5.75 Å². The van der Waals surface area contributed by atoms with Crippen LogP contribution in [0.2, 0.25) is 0 Å². The first kappa shape index (κ1) is 16.0. The lowest BCUT2D eigenvalue weighted by atomic mass is 10.2. The van der Waals surface area contributed by atoms with Crippen LogP contribution in [0.25, 0.3) is 0 Å². The van der Waals surface area contributed by atoms with Gasteiger partial charge in [0, 0.05) is 17.4 Å². The number of carbonyl (C=O) groups is 1. The van der Waals surface area contributed by atoms with Crippen molar-refractivity contribution in [2.45, 2.75) is 32.6 Å². The highest BCUT2D eigenvalue weighted by Crippen LogP contribution is 2.12. The van der Waals surface area contributed by atoms with E-state index in [1.165, 1.54) is 0 Å². The van der Waals surface area contributed by atoms with E-state index in [2.05, 4.69) is 28.2 Å². The van der Waals surface area contributed by atoms with Gasteiger partial charge in [-0.15, -0.1) is 0 Å². The summed E-state index contributed by atoms with van der Waals surface area (Å²) >= 11 is 3.36. The van der Waals surface area contributed by atoms with E-state index in [1.54, 1.807) is 12.1 Å². The van der Waals surface area contributed by atoms with E-state index in [1.807, 2.05) is 12.1 Å². The summed E-state index contributed by atoms with van der Waals surface area (Å²) in [6.45, 7) is 3.58. The van der Waals surface area contributed by atoms with E-state index in [0.717, 1.165) is 43.3 Å². The summed E-state index contributed by atoms with van der Waals surface area (Å²) < 4.78 is 5.53. The first-order valence-corrected chi connectivity index (χ1v) is 7.97. The zero-order chi connectivity index (χ0) is 13.9. The SMILES string of the molecule is CCCCCNC(=O)c1ccc(OCCCBr)cc1. The molecule has 1 amide bonds. The Hall–Kier alpha value is -1.03. The van der Waals surface area contributed by atoms with Crippen LogP contribution >= 0.6 is 15.9 Å². The standard InChI is InChI=1S/C15H22BrNO2/c1-2-3-4-11-17-15(18)13-6-8-14(9-7-13)19-12-5-10-16/h6-9H,2-5,10-12H2,1H3,(H,17,18). The first-order valence-electron chi connectivity index (χ1n) is 6.85. The van der Waals surface area contributed by atoms with Gasteiger partial charge in [-0.1, -0.05) is 35.7 Å². The molecule has 0 unspecified atom stereocenters. The Bertz CT molecular complexity index is 365. The molecule has 1 aromatic carbocycles. The minimum absolute atomic E-state index is 0.0110. The quantitative estimate of drug-likeness (QED) is 0.553. The van der Waals surface area contributed by atoms with Gasteiger partial charge in [-0.2, -0.15) is 0 Å². The zero-order valence-corrected chi connectivity index (χ0v) is 13.0. The predicted octanol–water partition coefficient (Wildman–Crippen LogP) is 3.77.